The summed E-state index contributed by atoms with van der Waals surface area (Å²) in [7, 11) is 0. The molecule has 4 aromatic heterocycles. The fourth-order valence-electron chi connectivity index (χ4n) is 7.06. The highest BCUT2D eigenvalue weighted by Gasteiger charge is 2.27. The van der Waals surface area contributed by atoms with Gasteiger partial charge in [-0.15, -0.1) is 40.8 Å². The fraction of sp³-hybridized carbons (Fsp3) is 0.333. The first-order chi connectivity index (χ1) is 28.2. The smallest absolute Gasteiger partial charge is 0.248 e. The molecule has 16 bridgehead atoms. The predicted octanol–water partition coefficient (Wildman–Crippen LogP) is 11.2. The molecule has 61 heavy (non-hydrogen) atoms. The van der Waals surface area contributed by atoms with Gasteiger partial charge in [0.15, 0.2) is 0 Å². The highest BCUT2D eigenvalue weighted by molar-refractivity contribution is 5.73. The summed E-state index contributed by atoms with van der Waals surface area (Å²) >= 11 is 0. The molecule has 312 valence electrons. The number of rotatable bonds is 0. The molecule has 8 aromatic rings. The van der Waals surface area contributed by atoms with E-state index in [9.17, 15) is 0 Å². The Kier molecular flexibility index (Phi) is 9.62. The van der Waals surface area contributed by atoms with Crippen LogP contribution in [0.15, 0.2) is 90.5 Å². The lowest BCUT2D eigenvalue weighted by Crippen LogP contribution is -2.11. The molecule has 13 heteroatoms. The topological polar surface area (TPSA) is 187 Å². The van der Waals surface area contributed by atoms with E-state index in [0.717, 1.165) is 66.8 Å². The van der Waals surface area contributed by atoms with Crippen LogP contribution < -0.4 is 0 Å². The molecule has 1 aliphatic rings. The maximum Gasteiger partial charge on any atom is 0.248 e. The third-order valence-electron chi connectivity index (χ3n) is 10.9. The summed E-state index contributed by atoms with van der Waals surface area (Å²) in [6.45, 7) is 25.8. The predicted molar refractivity (Wildman–Crippen MR) is 233 cm³/mol. The van der Waals surface area contributed by atoms with E-state index in [-0.39, 0.29) is 27.1 Å². The molecule has 0 fully saturated rings. The van der Waals surface area contributed by atoms with Crippen LogP contribution in [0.1, 0.15) is 105 Å². The van der Waals surface area contributed by atoms with Crippen LogP contribution in [-0.2, 0) is 21.7 Å². The number of hydrogen-bond donors (Lipinski definition) is 0. The molecule has 0 aliphatic carbocycles. The van der Waals surface area contributed by atoms with Gasteiger partial charge in [0, 0.05) is 44.5 Å². The minimum atomic E-state index is -0.231. The van der Waals surface area contributed by atoms with Crippen molar-refractivity contribution < 1.29 is 23.1 Å². The van der Waals surface area contributed by atoms with Gasteiger partial charge in [0.25, 0.3) is 0 Å². The van der Waals surface area contributed by atoms with E-state index in [0.29, 0.717) is 47.1 Å². The van der Waals surface area contributed by atoms with Crippen LogP contribution in [0.3, 0.4) is 0 Å². The van der Waals surface area contributed by atoms with Crippen LogP contribution in [0.5, 0.6) is 0 Å². The van der Waals surface area contributed by atoms with E-state index in [4.69, 9.17) is 17.7 Å². The van der Waals surface area contributed by atoms with Crippen LogP contribution in [0.4, 0.5) is 0 Å². The van der Waals surface area contributed by atoms with Gasteiger partial charge in [-0.25, -0.2) is 0 Å². The first kappa shape index (κ1) is 41.1. The first-order valence-electron chi connectivity index (χ1n) is 20.2. The normalized spacial score (nSPS) is 12.8. The second-order valence-corrected chi connectivity index (χ2v) is 19.8. The van der Waals surface area contributed by atoms with Gasteiger partial charge in [-0.3, -0.25) is 0 Å². The van der Waals surface area contributed by atoms with Crippen molar-refractivity contribution in [1.82, 2.24) is 40.8 Å². The SMILES string of the molecule is CC(C)(C)c1cc2cc(c1)-c1nnc(o1)-c1cc(cc(C(C)(C)C)c1)-c1nnc(o1)-c1cc(cc(C(C)(C)C)c1)-c1nnc(o1)-c1cc(cc(C(C)(C)C)c1)-c1nnc-2o1.O. The summed E-state index contributed by atoms with van der Waals surface area (Å²) in [5.74, 6) is 2.82. The van der Waals surface area contributed by atoms with E-state index in [1.165, 1.54) is 0 Å². The van der Waals surface area contributed by atoms with Crippen LogP contribution >= 0.6 is 0 Å². The highest BCUT2D eigenvalue weighted by atomic mass is 16.4. The second kappa shape index (κ2) is 14.3. The summed E-state index contributed by atoms with van der Waals surface area (Å²) in [5.41, 5.74) is 8.98. The fourth-order valence-corrected chi connectivity index (χ4v) is 7.06. The monoisotopic (exact) mass is 818 g/mol. The Morgan fingerprint density at radius 1 is 0.246 bits per heavy atom. The van der Waals surface area contributed by atoms with Gasteiger partial charge < -0.3 is 23.1 Å². The molecule has 1 aliphatic heterocycles. The molecule has 0 spiro atoms. The second-order valence-electron chi connectivity index (χ2n) is 19.8. The Morgan fingerprint density at radius 2 is 0.377 bits per heavy atom. The van der Waals surface area contributed by atoms with E-state index in [1.54, 1.807) is 0 Å². The number of aromatic nitrogens is 8. The van der Waals surface area contributed by atoms with Crippen molar-refractivity contribution in [2.75, 3.05) is 0 Å². The molecule has 0 atom stereocenters. The van der Waals surface area contributed by atoms with Gasteiger partial charge in [0.1, 0.15) is 0 Å². The molecular formula is C48H50N8O5. The van der Waals surface area contributed by atoms with Crippen molar-refractivity contribution in [3.8, 4) is 91.6 Å². The average molecular weight is 819 g/mol. The summed E-state index contributed by atoms with van der Waals surface area (Å²) in [6, 6.07) is 24.3. The van der Waals surface area contributed by atoms with Crippen molar-refractivity contribution in [3.63, 3.8) is 0 Å². The lowest BCUT2D eigenvalue weighted by Gasteiger charge is -2.20. The summed E-state index contributed by atoms with van der Waals surface area (Å²) in [5, 5.41) is 36.5. The quantitative estimate of drug-likeness (QED) is 0.141. The maximum atomic E-state index is 6.49. The number of hydrogen-bond acceptors (Lipinski definition) is 12. The summed E-state index contributed by atoms with van der Waals surface area (Å²) in [4.78, 5) is 0. The third-order valence-corrected chi connectivity index (χ3v) is 10.9. The Hall–Kier alpha value is -6.60. The molecule has 0 amide bonds. The lowest BCUT2D eigenvalue weighted by atomic mass is 9.85. The third kappa shape index (κ3) is 7.93. The van der Waals surface area contributed by atoms with Crippen LogP contribution in [0, 0.1) is 0 Å². The Bertz CT molecular complexity index is 2390. The molecule has 5 heterocycles. The van der Waals surface area contributed by atoms with E-state index in [2.05, 4.69) is 172 Å². The molecule has 0 unspecified atom stereocenters. The number of benzene rings is 4. The minimum absolute atomic E-state index is 0. The van der Waals surface area contributed by atoms with E-state index < -0.39 is 0 Å². The summed E-state index contributed by atoms with van der Waals surface area (Å²) < 4.78 is 26.0. The number of fused-ring (bicyclic) bond motifs is 24. The highest BCUT2D eigenvalue weighted by Crippen LogP contribution is 2.40. The molecule has 0 saturated carbocycles. The van der Waals surface area contributed by atoms with Crippen LogP contribution in [0.25, 0.3) is 91.6 Å². The minimum Gasteiger partial charge on any atom is -0.416 e. The van der Waals surface area contributed by atoms with Gasteiger partial charge in [-0.1, -0.05) is 83.1 Å². The van der Waals surface area contributed by atoms with Gasteiger partial charge in [0.2, 0.25) is 47.1 Å². The van der Waals surface area contributed by atoms with Gasteiger partial charge in [0.05, 0.1) is 0 Å². The van der Waals surface area contributed by atoms with Crippen molar-refractivity contribution in [2.45, 2.75) is 105 Å². The zero-order valence-electron chi connectivity index (χ0n) is 36.6. The van der Waals surface area contributed by atoms with Gasteiger partial charge in [-0.05, 0) is 117 Å². The van der Waals surface area contributed by atoms with Crippen molar-refractivity contribution in [1.29, 1.82) is 0 Å². The molecule has 9 rings (SSSR count). The lowest BCUT2D eigenvalue weighted by molar-refractivity contribution is 0.572. The van der Waals surface area contributed by atoms with Gasteiger partial charge >= 0.3 is 0 Å². The molecule has 2 N–H and O–H groups in total. The average Bonchev–Trinajstić information content (AvgIpc) is 4.03. The standard InChI is InChI=1S/C48H48N8O4.H2O/c1-45(2,3)33-17-25-13-26(18-33)38-50-52-40(58-38)28-15-30(22-35(20-28)47(7,8)9)42-54-56-44(60-42)32-16-31(23-36(24-32)48(10,11)12)43-55-53-41(59-43)29-14-27(39-51-49-37(25)57-39)19-34(21-29)46(4,5)6;/h13-24H,1-12H3;1H2. The Balaban J connectivity index is 0.00000514. The first-order valence-corrected chi connectivity index (χ1v) is 20.2. The molecule has 4 aromatic carbocycles. The number of nitrogens with zero attached hydrogens (tertiary/aromatic N) is 8. The zero-order valence-corrected chi connectivity index (χ0v) is 36.6. The van der Waals surface area contributed by atoms with Crippen molar-refractivity contribution in [2.24, 2.45) is 0 Å². The van der Waals surface area contributed by atoms with Crippen molar-refractivity contribution in [3.05, 3.63) is 95.1 Å². The Labute approximate surface area is 354 Å². The molecular weight excluding hydrogens is 769 g/mol. The Morgan fingerprint density at radius 3 is 0.492 bits per heavy atom. The maximum absolute atomic E-state index is 6.49. The van der Waals surface area contributed by atoms with Gasteiger partial charge in [-0.2, -0.15) is 0 Å². The van der Waals surface area contributed by atoms with E-state index in [1.807, 2.05) is 24.3 Å². The largest absolute Gasteiger partial charge is 0.416 e. The summed E-state index contributed by atoms with van der Waals surface area (Å²) in [6.07, 6.45) is 0. The zero-order chi connectivity index (χ0) is 42.5. The van der Waals surface area contributed by atoms with Crippen LogP contribution in [-0.4, -0.2) is 46.3 Å². The molecule has 13 nitrogen and oxygen atoms in total. The van der Waals surface area contributed by atoms with Crippen LogP contribution in [0.2, 0.25) is 0 Å². The molecule has 0 saturated heterocycles. The van der Waals surface area contributed by atoms with E-state index >= 15 is 0 Å². The van der Waals surface area contributed by atoms with Crippen molar-refractivity contribution >= 4 is 0 Å². The molecule has 0 radical (unpaired) electrons.